The highest BCUT2D eigenvalue weighted by Gasteiger charge is 2.53. The van der Waals surface area contributed by atoms with Crippen LogP contribution in [0.4, 0.5) is 4.79 Å². The van der Waals surface area contributed by atoms with Crippen LogP contribution in [0.2, 0.25) is 0 Å². The van der Waals surface area contributed by atoms with Crippen molar-refractivity contribution in [2.75, 3.05) is 13.7 Å². The third-order valence-electron chi connectivity index (χ3n) is 6.48. The molecule has 1 aromatic rings. The van der Waals surface area contributed by atoms with E-state index in [9.17, 15) is 14.4 Å². The molecule has 0 radical (unpaired) electrons. The highest BCUT2D eigenvalue weighted by Crippen LogP contribution is 2.39. The highest BCUT2D eigenvalue weighted by molar-refractivity contribution is 6.09. The Morgan fingerprint density at radius 3 is 2.29 bits per heavy atom. The summed E-state index contributed by atoms with van der Waals surface area (Å²) in [6.45, 7) is -0.232. The van der Waals surface area contributed by atoms with Crippen molar-refractivity contribution in [2.24, 2.45) is 0 Å². The molecule has 4 rings (SSSR count). The molecule has 1 aromatic carbocycles. The Bertz CT molecular complexity index is 777. The number of ether oxygens (including phenoxy) is 1. The van der Waals surface area contributed by atoms with E-state index in [1.807, 2.05) is 24.3 Å². The van der Waals surface area contributed by atoms with Crippen molar-refractivity contribution in [2.45, 2.75) is 62.4 Å². The maximum atomic E-state index is 12.8. The Morgan fingerprint density at radius 2 is 1.68 bits per heavy atom. The summed E-state index contributed by atoms with van der Waals surface area (Å²) in [4.78, 5) is 39.0. The molecule has 2 saturated carbocycles. The topological polar surface area (TPSA) is 87.7 Å². The summed E-state index contributed by atoms with van der Waals surface area (Å²) in [5.74, 6) is 0.218. The zero-order valence-corrected chi connectivity index (χ0v) is 16.3. The molecule has 7 heteroatoms. The maximum Gasteiger partial charge on any atom is 0.325 e. The van der Waals surface area contributed by atoms with Crippen molar-refractivity contribution in [3.8, 4) is 5.75 Å². The van der Waals surface area contributed by atoms with Crippen LogP contribution in [0.25, 0.3) is 0 Å². The van der Waals surface area contributed by atoms with E-state index in [1.54, 1.807) is 7.11 Å². The third-order valence-corrected chi connectivity index (χ3v) is 6.48. The number of nitrogens with one attached hydrogen (secondary N) is 2. The first-order valence-corrected chi connectivity index (χ1v) is 10.1. The lowest BCUT2D eigenvalue weighted by molar-refractivity contribution is -0.135. The number of carbonyl (C=O) groups is 3. The number of nitrogens with zero attached hydrogens (tertiary/aromatic N) is 1. The van der Waals surface area contributed by atoms with Crippen LogP contribution in [-0.4, -0.2) is 41.9 Å². The minimum Gasteiger partial charge on any atom is -0.497 e. The number of carbonyl (C=O) groups excluding carboxylic acids is 3. The van der Waals surface area contributed by atoms with Crippen LogP contribution in [0.5, 0.6) is 5.75 Å². The van der Waals surface area contributed by atoms with Gasteiger partial charge in [0.25, 0.3) is 5.91 Å². The molecular formula is C21H27N3O4. The van der Waals surface area contributed by atoms with E-state index >= 15 is 0 Å². The molecule has 150 valence electrons. The minimum absolute atomic E-state index is 0.232. The molecule has 1 aliphatic heterocycles. The predicted octanol–water partition coefficient (Wildman–Crippen LogP) is 2.45. The van der Waals surface area contributed by atoms with E-state index in [0.29, 0.717) is 12.8 Å². The van der Waals surface area contributed by atoms with E-state index in [-0.39, 0.29) is 18.4 Å². The smallest absolute Gasteiger partial charge is 0.325 e. The molecule has 3 fully saturated rings. The van der Waals surface area contributed by atoms with Gasteiger partial charge in [-0.15, -0.1) is 0 Å². The summed E-state index contributed by atoms with van der Waals surface area (Å²) < 4.78 is 5.23. The Labute approximate surface area is 164 Å². The standard InChI is InChI=1S/C21H27N3O4/c1-28-16-8-6-15(7-9-16)20(10-2-3-11-20)22-17(25)14-24-18(26)21(23-19(24)27)12-4-5-13-21/h6-9H,2-5,10-14H2,1H3,(H,22,25)(H,23,27). The first kappa shape index (κ1) is 18.8. The Morgan fingerprint density at radius 1 is 1.07 bits per heavy atom. The number of methoxy groups -OCH3 is 1. The second kappa shape index (κ2) is 7.11. The number of amides is 4. The fourth-order valence-corrected chi connectivity index (χ4v) is 4.96. The van der Waals surface area contributed by atoms with Crippen LogP contribution in [0.1, 0.15) is 56.9 Å². The van der Waals surface area contributed by atoms with Crippen LogP contribution in [0.15, 0.2) is 24.3 Å². The van der Waals surface area contributed by atoms with Crippen molar-refractivity contribution in [1.29, 1.82) is 0 Å². The average molecular weight is 385 g/mol. The molecule has 0 atom stereocenters. The van der Waals surface area contributed by atoms with Gasteiger partial charge in [-0.05, 0) is 43.4 Å². The van der Waals surface area contributed by atoms with E-state index in [1.165, 1.54) is 0 Å². The van der Waals surface area contributed by atoms with Crippen LogP contribution >= 0.6 is 0 Å². The fourth-order valence-electron chi connectivity index (χ4n) is 4.96. The Balaban J connectivity index is 1.48. The molecular weight excluding hydrogens is 358 g/mol. The molecule has 3 aliphatic rings. The van der Waals surface area contributed by atoms with Gasteiger partial charge in [0.05, 0.1) is 12.6 Å². The molecule has 28 heavy (non-hydrogen) atoms. The molecule has 7 nitrogen and oxygen atoms in total. The monoisotopic (exact) mass is 385 g/mol. The average Bonchev–Trinajstić information content (AvgIpc) is 3.41. The number of hydrogen-bond donors (Lipinski definition) is 2. The summed E-state index contributed by atoms with van der Waals surface area (Å²) in [6, 6.07) is 7.29. The van der Waals surface area contributed by atoms with Gasteiger partial charge >= 0.3 is 6.03 Å². The molecule has 1 spiro atoms. The zero-order chi connectivity index (χ0) is 19.8. The van der Waals surface area contributed by atoms with Gasteiger partial charge < -0.3 is 15.4 Å². The third kappa shape index (κ3) is 3.12. The first-order valence-electron chi connectivity index (χ1n) is 10.1. The number of benzene rings is 1. The molecule has 2 aliphatic carbocycles. The lowest BCUT2D eigenvalue weighted by Crippen LogP contribution is -2.49. The maximum absolute atomic E-state index is 12.8. The summed E-state index contributed by atoms with van der Waals surface area (Å²) >= 11 is 0. The quantitative estimate of drug-likeness (QED) is 0.762. The van der Waals surface area contributed by atoms with Gasteiger partial charge in [0, 0.05) is 0 Å². The van der Waals surface area contributed by atoms with Gasteiger partial charge in [-0.25, -0.2) is 4.79 Å². The van der Waals surface area contributed by atoms with Crippen molar-refractivity contribution in [3.63, 3.8) is 0 Å². The molecule has 0 unspecified atom stereocenters. The van der Waals surface area contributed by atoms with Gasteiger partial charge in [-0.1, -0.05) is 37.8 Å². The first-order chi connectivity index (χ1) is 13.5. The predicted molar refractivity (Wildman–Crippen MR) is 103 cm³/mol. The van der Waals surface area contributed by atoms with Crippen LogP contribution in [-0.2, 0) is 15.1 Å². The van der Waals surface area contributed by atoms with Crippen molar-refractivity contribution >= 4 is 17.8 Å². The van der Waals surface area contributed by atoms with Crippen LogP contribution in [0, 0.1) is 0 Å². The highest BCUT2D eigenvalue weighted by atomic mass is 16.5. The summed E-state index contributed by atoms with van der Waals surface area (Å²) in [6.07, 6.45) is 6.90. The van der Waals surface area contributed by atoms with Crippen LogP contribution < -0.4 is 15.4 Å². The summed E-state index contributed by atoms with van der Waals surface area (Å²) in [5.41, 5.74) is -0.199. The minimum atomic E-state index is -0.779. The van der Waals surface area contributed by atoms with Gasteiger partial charge in [-0.3, -0.25) is 14.5 Å². The van der Waals surface area contributed by atoms with Gasteiger partial charge in [0.15, 0.2) is 0 Å². The van der Waals surface area contributed by atoms with Crippen LogP contribution in [0.3, 0.4) is 0 Å². The van der Waals surface area contributed by atoms with Gasteiger partial charge in [0.1, 0.15) is 17.8 Å². The van der Waals surface area contributed by atoms with Gasteiger partial charge in [0.2, 0.25) is 5.91 Å². The molecule has 0 aromatic heterocycles. The lowest BCUT2D eigenvalue weighted by atomic mass is 9.88. The van der Waals surface area contributed by atoms with Gasteiger partial charge in [-0.2, -0.15) is 0 Å². The molecule has 0 bridgehead atoms. The molecule has 1 saturated heterocycles. The number of urea groups is 1. The zero-order valence-electron chi connectivity index (χ0n) is 16.3. The number of hydrogen-bond acceptors (Lipinski definition) is 4. The lowest BCUT2D eigenvalue weighted by Gasteiger charge is -2.32. The molecule has 1 heterocycles. The van der Waals surface area contributed by atoms with E-state index < -0.39 is 17.1 Å². The van der Waals surface area contributed by atoms with Crippen molar-refractivity contribution in [3.05, 3.63) is 29.8 Å². The van der Waals surface area contributed by atoms with E-state index in [4.69, 9.17) is 4.74 Å². The summed E-state index contributed by atoms with van der Waals surface area (Å²) in [7, 11) is 1.62. The summed E-state index contributed by atoms with van der Waals surface area (Å²) in [5, 5.41) is 5.97. The second-order valence-corrected chi connectivity index (χ2v) is 8.18. The second-order valence-electron chi connectivity index (χ2n) is 8.18. The van der Waals surface area contributed by atoms with E-state index in [0.717, 1.165) is 54.7 Å². The number of imide groups is 1. The largest absolute Gasteiger partial charge is 0.497 e. The number of rotatable bonds is 5. The van der Waals surface area contributed by atoms with E-state index in [2.05, 4.69) is 10.6 Å². The Kier molecular flexibility index (Phi) is 4.77. The molecule has 2 N–H and O–H groups in total. The SMILES string of the molecule is COc1ccc(C2(NC(=O)CN3C(=O)NC4(CCCC4)C3=O)CCCC2)cc1. The van der Waals surface area contributed by atoms with Crippen molar-refractivity contribution < 1.29 is 19.1 Å². The normalized spacial score (nSPS) is 22.5. The molecule has 4 amide bonds. The Hall–Kier alpha value is -2.57. The van der Waals surface area contributed by atoms with Crippen molar-refractivity contribution in [1.82, 2.24) is 15.5 Å². The fraction of sp³-hybridized carbons (Fsp3) is 0.571.